The molecule has 146 valence electrons. The minimum absolute atomic E-state index is 0.342. The zero-order valence-electron chi connectivity index (χ0n) is 16.9. The number of carbonyl (C=O) groups is 1. The molecule has 0 N–H and O–H groups in total. The van der Waals surface area contributed by atoms with Gasteiger partial charge in [0.2, 0.25) is 0 Å². The monoisotopic (exact) mass is 348 g/mol. The van der Waals surface area contributed by atoms with E-state index >= 15 is 0 Å². The van der Waals surface area contributed by atoms with Crippen LogP contribution in [0.2, 0.25) is 0 Å². The Balaban J connectivity index is 2.13. The predicted octanol–water partition coefficient (Wildman–Crippen LogP) is 8.32. The van der Waals surface area contributed by atoms with E-state index in [-0.39, 0.29) is 0 Å². The van der Waals surface area contributed by atoms with Crippen molar-refractivity contribution in [1.29, 1.82) is 0 Å². The lowest BCUT2D eigenvalue weighted by Crippen LogP contribution is -1.92. The first-order valence-electron chi connectivity index (χ1n) is 11.6. The van der Waals surface area contributed by atoms with Gasteiger partial charge in [0.05, 0.1) is 0 Å². The molecule has 0 saturated carbocycles. The van der Waals surface area contributed by atoms with E-state index in [9.17, 15) is 4.79 Å². The van der Waals surface area contributed by atoms with E-state index in [0.717, 1.165) is 19.3 Å². The molecule has 0 spiro atoms. The molecule has 0 heterocycles. The number of hydrogen-bond acceptors (Lipinski definition) is 1. The first-order valence-corrected chi connectivity index (χ1v) is 11.6. The molecule has 0 aliphatic heterocycles. The van der Waals surface area contributed by atoms with Crippen LogP contribution >= 0.6 is 0 Å². The summed E-state index contributed by atoms with van der Waals surface area (Å²) in [5.74, 6) is 0.342. The largest absolute Gasteiger partial charge is 0.295 e. The molecule has 1 aliphatic carbocycles. The van der Waals surface area contributed by atoms with Gasteiger partial charge in [-0.05, 0) is 25.3 Å². The third kappa shape index (κ3) is 16.6. The predicted molar refractivity (Wildman–Crippen MR) is 111 cm³/mol. The fourth-order valence-corrected chi connectivity index (χ4v) is 3.86. The van der Waals surface area contributed by atoms with Gasteiger partial charge in [-0.3, -0.25) is 4.79 Å². The molecule has 1 heteroatoms. The number of hydrogen-bond donors (Lipinski definition) is 0. The van der Waals surface area contributed by atoms with Crippen molar-refractivity contribution >= 4 is 5.78 Å². The van der Waals surface area contributed by atoms with Crippen molar-refractivity contribution in [2.45, 2.75) is 135 Å². The van der Waals surface area contributed by atoms with Gasteiger partial charge in [0.15, 0.2) is 5.78 Å². The molecule has 0 aromatic carbocycles. The summed E-state index contributed by atoms with van der Waals surface area (Å²) in [6.07, 6.45) is 32.0. The van der Waals surface area contributed by atoms with Gasteiger partial charge in [0.1, 0.15) is 0 Å². The van der Waals surface area contributed by atoms with Gasteiger partial charge in [-0.15, -0.1) is 0 Å². The van der Waals surface area contributed by atoms with Crippen molar-refractivity contribution in [3.8, 4) is 0 Å². The van der Waals surface area contributed by atoms with Crippen LogP contribution in [0.3, 0.4) is 0 Å². The van der Waals surface area contributed by atoms with E-state index in [1.54, 1.807) is 0 Å². The molecule has 0 atom stereocenters. The third-order valence-electron chi connectivity index (χ3n) is 5.60. The van der Waals surface area contributed by atoms with Crippen LogP contribution in [0.1, 0.15) is 135 Å². The van der Waals surface area contributed by atoms with Crippen LogP contribution in [-0.2, 0) is 4.79 Å². The summed E-state index contributed by atoms with van der Waals surface area (Å²) >= 11 is 0. The number of ketones is 1. The first-order chi connectivity index (χ1) is 12.4. The van der Waals surface area contributed by atoms with Crippen LogP contribution in [0.4, 0.5) is 0 Å². The number of allylic oxidation sites excluding steroid dienone is 2. The molecule has 0 fully saturated rings. The molecule has 0 unspecified atom stereocenters. The van der Waals surface area contributed by atoms with Crippen molar-refractivity contribution < 1.29 is 4.79 Å². The van der Waals surface area contributed by atoms with Crippen LogP contribution in [0.15, 0.2) is 12.2 Å². The fourth-order valence-electron chi connectivity index (χ4n) is 3.86. The molecule has 0 amide bonds. The summed E-state index contributed by atoms with van der Waals surface area (Å²) in [4.78, 5) is 11.8. The van der Waals surface area contributed by atoms with Crippen LogP contribution in [0, 0.1) is 0 Å². The van der Waals surface area contributed by atoms with Crippen LogP contribution in [0.5, 0.6) is 0 Å². The summed E-state index contributed by atoms with van der Waals surface area (Å²) in [6, 6.07) is 0. The molecule has 0 radical (unpaired) electrons. The lowest BCUT2D eigenvalue weighted by Gasteiger charge is -2.04. The Morgan fingerprint density at radius 2 is 0.760 bits per heavy atom. The quantitative estimate of drug-likeness (QED) is 0.430. The number of carbonyl (C=O) groups excluding carboxylic acids is 1. The van der Waals surface area contributed by atoms with Gasteiger partial charge >= 0.3 is 0 Å². The summed E-state index contributed by atoms with van der Waals surface area (Å²) in [6.45, 7) is 0. The second-order valence-corrected chi connectivity index (χ2v) is 8.12. The van der Waals surface area contributed by atoms with Gasteiger partial charge in [-0.2, -0.15) is 0 Å². The van der Waals surface area contributed by atoms with Crippen molar-refractivity contribution in [3.05, 3.63) is 12.2 Å². The lowest BCUT2D eigenvalue weighted by atomic mass is 10.0. The SMILES string of the molecule is O=C1/C=C\CCCCCCCCCCCCCCCCCCCCC1. The normalized spacial score (nSPS) is 24.2. The van der Waals surface area contributed by atoms with E-state index in [4.69, 9.17) is 0 Å². The Morgan fingerprint density at radius 1 is 0.440 bits per heavy atom. The molecule has 25 heavy (non-hydrogen) atoms. The zero-order chi connectivity index (χ0) is 17.8. The standard InChI is InChI=1S/C24H44O/c25-24-22-20-18-16-14-12-10-8-6-4-2-1-3-5-7-9-11-13-15-17-19-21-23-24/h20,22H,1-19,21,23H2/b22-20-. The highest BCUT2D eigenvalue weighted by Gasteiger charge is 1.98. The summed E-state index contributed by atoms with van der Waals surface area (Å²) in [5, 5.41) is 0. The highest BCUT2D eigenvalue weighted by molar-refractivity contribution is 5.89. The van der Waals surface area contributed by atoms with Gasteiger partial charge < -0.3 is 0 Å². The average Bonchev–Trinajstić information content (AvgIpc) is 2.61. The highest BCUT2D eigenvalue weighted by Crippen LogP contribution is 2.15. The first kappa shape index (κ1) is 22.5. The maximum Gasteiger partial charge on any atom is 0.155 e. The second kappa shape index (κ2) is 18.2. The zero-order valence-corrected chi connectivity index (χ0v) is 16.9. The van der Waals surface area contributed by atoms with E-state index in [2.05, 4.69) is 6.08 Å². The van der Waals surface area contributed by atoms with Crippen LogP contribution in [-0.4, -0.2) is 5.78 Å². The molecule has 0 aromatic heterocycles. The topological polar surface area (TPSA) is 17.1 Å². The average molecular weight is 349 g/mol. The van der Waals surface area contributed by atoms with Crippen LogP contribution < -0.4 is 0 Å². The Kier molecular flexibility index (Phi) is 16.4. The van der Waals surface area contributed by atoms with Crippen LogP contribution in [0.25, 0.3) is 0 Å². The van der Waals surface area contributed by atoms with Gasteiger partial charge in [0, 0.05) is 6.42 Å². The van der Waals surface area contributed by atoms with Crippen molar-refractivity contribution in [2.24, 2.45) is 0 Å². The molecule has 0 aromatic rings. The molecule has 0 bridgehead atoms. The summed E-state index contributed by atoms with van der Waals surface area (Å²) < 4.78 is 0. The van der Waals surface area contributed by atoms with Crippen molar-refractivity contribution in [2.75, 3.05) is 0 Å². The van der Waals surface area contributed by atoms with Gasteiger partial charge in [-0.25, -0.2) is 0 Å². The van der Waals surface area contributed by atoms with Crippen molar-refractivity contribution in [3.63, 3.8) is 0 Å². The van der Waals surface area contributed by atoms with E-state index in [1.165, 1.54) is 116 Å². The summed E-state index contributed by atoms with van der Waals surface area (Å²) in [5.41, 5.74) is 0. The molecular formula is C24H44O. The summed E-state index contributed by atoms with van der Waals surface area (Å²) in [7, 11) is 0. The Hall–Kier alpha value is -0.590. The minimum Gasteiger partial charge on any atom is -0.295 e. The molecule has 1 nitrogen and oxygen atoms in total. The number of rotatable bonds is 0. The molecule has 1 rings (SSSR count). The lowest BCUT2D eigenvalue weighted by molar-refractivity contribution is -0.114. The molecular weight excluding hydrogens is 304 g/mol. The van der Waals surface area contributed by atoms with E-state index < -0.39 is 0 Å². The maximum absolute atomic E-state index is 11.8. The molecule has 1 aliphatic rings. The maximum atomic E-state index is 11.8. The Labute approximate surface area is 158 Å². The Bertz CT molecular complexity index is 318. The van der Waals surface area contributed by atoms with E-state index in [1.807, 2.05) is 6.08 Å². The third-order valence-corrected chi connectivity index (χ3v) is 5.60. The van der Waals surface area contributed by atoms with Crippen molar-refractivity contribution in [1.82, 2.24) is 0 Å². The highest BCUT2D eigenvalue weighted by atomic mass is 16.1. The second-order valence-electron chi connectivity index (χ2n) is 8.12. The minimum atomic E-state index is 0.342. The Morgan fingerprint density at radius 3 is 1.16 bits per heavy atom. The molecule has 0 saturated heterocycles. The fraction of sp³-hybridized carbons (Fsp3) is 0.875. The van der Waals surface area contributed by atoms with E-state index in [0.29, 0.717) is 5.78 Å². The smallest absolute Gasteiger partial charge is 0.155 e. The van der Waals surface area contributed by atoms with Gasteiger partial charge in [-0.1, -0.05) is 115 Å². The van der Waals surface area contributed by atoms with Gasteiger partial charge in [0.25, 0.3) is 0 Å².